The number of hydrogen-bond donors (Lipinski definition) is 1. The minimum atomic E-state index is -1.03. The summed E-state index contributed by atoms with van der Waals surface area (Å²) in [6, 6.07) is 12.7. The molecule has 1 saturated carbocycles. The van der Waals surface area contributed by atoms with Gasteiger partial charge in [0.2, 0.25) is 5.91 Å². The highest BCUT2D eigenvalue weighted by atomic mass is 16.6. The Morgan fingerprint density at radius 2 is 1.81 bits per heavy atom. The molecule has 0 radical (unpaired) electrons. The summed E-state index contributed by atoms with van der Waals surface area (Å²) in [5.41, 5.74) is 1.49. The van der Waals surface area contributed by atoms with Crippen LogP contribution < -0.4 is 0 Å². The lowest BCUT2D eigenvalue weighted by Crippen LogP contribution is -2.33. The van der Waals surface area contributed by atoms with Crippen LogP contribution in [0.4, 0.5) is 5.69 Å². The SMILES string of the molecule is O=C(O)c1cccc(CC(=O)N(Cc2cccc([N+](=O)[O-])c2)C2CC2)c1. The lowest BCUT2D eigenvalue weighted by Gasteiger charge is -2.22. The Balaban J connectivity index is 1.75. The summed E-state index contributed by atoms with van der Waals surface area (Å²) in [5, 5.41) is 20.0. The highest BCUT2D eigenvalue weighted by Gasteiger charge is 2.32. The van der Waals surface area contributed by atoms with Gasteiger partial charge in [0.25, 0.3) is 5.69 Å². The Morgan fingerprint density at radius 3 is 2.46 bits per heavy atom. The minimum absolute atomic E-state index is 0.000134. The first-order valence-corrected chi connectivity index (χ1v) is 8.29. The van der Waals surface area contributed by atoms with Crippen LogP contribution in [0.25, 0.3) is 0 Å². The first-order chi connectivity index (χ1) is 12.4. The molecule has 0 spiro atoms. The zero-order valence-corrected chi connectivity index (χ0v) is 14.0. The average Bonchev–Trinajstić information content (AvgIpc) is 3.45. The van der Waals surface area contributed by atoms with Crippen molar-refractivity contribution in [3.8, 4) is 0 Å². The van der Waals surface area contributed by atoms with Crippen molar-refractivity contribution in [2.24, 2.45) is 0 Å². The molecular formula is C19H18N2O5. The molecule has 1 N–H and O–H groups in total. The van der Waals surface area contributed by atoms with E-state index in [-0.39, 0.29) is 29.6 Å². The predicted octanol–water partition coefficient (Wildman–Crippen LogP) is 3.03. The molecule has 2 aromatic carbocycles. The number of nitrogens with zero attached hydrogens (tertiary/aromatic N) is 2. The molecule has 0 aliphatic heterocycles. The number of non-ortho nitro benzene ring substituents is 1. The van der Waals surface area contributed by atoms with Gasteiger partial charge >= 0.3 is 5.97 Å². The molecule has 2 aromatic rings. The molecule has 3 rings (SSSR count). The van der Waals surface area contributed by atoms with Gasteiger partial charge in [-0.1, -0.05) is 24.3 Å². The Bertz CT molecular complexity index is 861. The molecule has 1 amide bonds. The molecule has 1 aliphatic carbocycles. The first kappa shape index (κ1) is 17.6. The zero-order chi connectivity index (χ0) is 18.7. The van der Waals surface area contributed by atoms with Crippen LogP contribution >= 0.6 is 0 Å². The number of amides is 1. The van der Waals surface area contributed by atoms with Gasteiger partial charge in [-0.05, 0) is 36.1 Å². The maximum absolute atomic E-state index is 12.7. The third kappa shape index (κ3) is 4.24. The highest BCUT2D eigenvalue weighted by Crippen LogP contribution is 2.29. The number of aromatic carboxylic acids is 1. The fourth-order valence-electron chi connectivity index (χ4n) is 2.86. The molecule has 1 aliphatic rings. The van der Waals surface area contributed by atoms with Crippen LogP contribution in [0.5, 0.6) is 0 Å². The number of nitro benzene ring substituents is 1. The number of hydrogen-bond acceptors (Lipinski definition) is 4. The molecule has 0 atom stereocenters. The smallest absolute Gasteiger partial charge is 0.335 e. The van der Waals surface area contributed by atoms with Crippen LogP contribution in [-0.4, -0.2) is 32.8 Å². The van der Waals surface area contributed by atoms with Crippen molar-refractivity contribution in [1.29, 1.82) is 0 Å². The van der Waals surface area contributed by atoms with E-state index in [9.17, 15) is 19.7 Å². The second-order valence-electron chi connectivity index (χ2n) is 6.36. The second-order valence-corrected chi connectivity index (χ2v) is 6.36. The molecule has 7 heteroatoms. The lowest BCUT2D eigenvalue weighted by atomic mass is 10.1. The van der Waals surface area contributed by atoms with Crippen molar-refractivity contribution in [2.45, 2.75) is 31.8 Å². The summed E-state index contributed by atoms with van der Waals surface area (Å²) in [6.07, 6.45) is 1.93. The maximum atomic E-state index is 12.7. The van der Waals surface area contributed by atoms with E-state index in [1.807, 2.05) is 0 Å². The van der Waals surface area contributed by atoms with Crippen molar-refractivity contribution >= 4 is 17.6 Å². The molecular weight excluding hydrogens is 336 g/mol. The van der Waals surface area contributed by atoms with Gasteiger partial charge in [-0.2, -0.15) is 0 Å². The van der Waals surface area contributed by atoms with E-state index in [0.717, 1.165) is 12.8 Å². The van der Waals surface area contributed by atoms with Gasteiger partial charge in [0.1, 0.15) is 0 Å². The standard InChI is InChI=1S/C19H18N2O5/c22-18(11-13-3-1-5-15(9-13)19(23)24)20(16-7-8-16)12-14-4-2-6-17(10-14)21(25)26/h1-6,9-10,16H,7-8,11-12H2,(H,23,24). The van der Waals surface area contributed by atoms with Crippen molar-refractivity contribution in [3.05, 3.63) is 75.3 Å². The van der Waals surface area contributed by atoms with Crippen molar-refractivity contribution in [2.75, 3.05) is 0 Å². The number of carboxylic acids is 1. The quantitative estimate of drug-likeness (QED) is 0.608. The minimum Gasteiger partial charge on any atom is -0.478 e. The van der Waals surface area contributed by atoms with E-state index in [1.165, 1.54) is 24.3 Å². The third-order valence-corrected chi connectivity index (χ3v) is 4.31. The molecule has 1 fully saturated rings. The van der Waals surface area contributed by atoms with E-state index in [4.69, 9.17) is 5.11 Å². The van der Waals surface area contributed by atoms with E-state index in [0.29, 0.717) is 17.7 Å². The summed E-state index contributed by atoms with van der Waals surface area (Å²) in [7, 11) is 0. The van der Waals surface area contributed by atoms with Crippen molar-refractivity contribution in [3.63, 3.8) is 0 Å². The Labute approximate surface area is 150 Å². The van der Waals surface area contributed by atoms with Crippen molar-refractivity contribution < 1.29 is 19.6 Å². The Morgan fingerprint density at radius 1 is 1.12 bits per heavy atom. The van der Waals surface area contributed by atoms with Gasteiger partial charge in [-0.25, -0.2) is 4.79 Å². The Hall–Kier alpha value is -3.22. The van der Waals surface area contributed by atoms with E-state index < -0.39 is 10.9 Å². The largest absolute Gasteiger partial charge is 0.478 e. The van der Waals surface area contributed by atoms with E-state index >= 15 is 0 Å². The van der Waals surface area contributed by atoms with Crippen LogP contribution in [0.3, 0.4) is 0 Å². The number of rotatable bonds is 7. The fourth-order valence-corrected chi connectivity index (χ4v) is 2.86. The summed E-state index contributed by atoms with van der Waals surface area (Å²) in [6.45, 7) is 0.309. The van der Waals surface area contributed by atoms with Crippen LogP contribution in [0.15, 0.2) is 48.5 Å². The second kappa shape index (κ2) is 7.35. The zero-order valence-electron chi connectivity index (χ0n) is 14.0. The summed E-state index contributed by atoms with van der Waals surface area (Å²) in [4.78, 5) is 36.0. The fraction of sp³-hybridized carbons (Fsp3) is 0.263. The number of carbonyl (C=O) groups is 2. The van der Waals surface area contributed by atoms with Crippen LogP contribution in [0, 0.1) is 10.1 Å². The lowest BCUT2D eigenvalue weighted by molar-refractivity contribution is -0.384. The van der Waals surface area contributed by atoms with Gasteiger partial charge in [-0.15, -0.1) is 0 Å². The molecule has 134 valence electrons. The number of nitro groups is 1. The molecule has 7 nitrogen and oxygen atoms in total. The molecule has 26 heavy (non-hydrogen) atoms. The third-order valence-electron chi connectivity index (χ3n) is 4.31. The molecule has 0 aromatic heterocycles. The summed E-state index contributed by atoms with van der Waals surface area (Å²) >= 11 is 0. The predicted molar refractivity (Wildman–Crippen MR) is 93.8 cm³/mol. The maximum Gasteiger partial charge on any atom is 0.335 e. The molecule has 0 unspecified atom stereocenters. The van der Waals surface area contributed by atoms with Crippen molar-refractivity contribution in [1.82, 2.24) is 4.90 Å². The molecule has 0 bridgehead atoms. The van der Waals surface area contributed by atoms with Gasteiger partial charge in [0, 0.05) is 24.7 Å². The highest BCUT2D eigenvalue weighted by molar-refractivity contribution is 5.88. The van der Waals surface area contributed by atoms with Crippen LogP contribution in [0.2, 0.25) is 0 Å². The summed E-state index contributed by atoms with van der Waals surface area (Å²) < 4.78 is 0. The van der Waals surface area contributed by atoms with Gasteiger partial charge < -0.3 is 10.0 Å². The average molecular weight is 354 g/mol. The number of carbonyl (C=O) groups excluding carboxylic acids is 1. The van der Waals surface area contributed by atoms with Gasteiger partial charge in [0.15, 0.2) is 0 Å². The van der Waals surface area contributed by atoms with E-state index in [1.54, 1.807) is 29.2 Å². The van der Waals surface area contributed by atoms with Crippen LogP contribution in [0.1, 0.15) is 34.3 Å². The van der Waals surface area contributed by atoms with E-state index in [2.05, 4.69) is 0 Å². The summed E-state index contributed by atoms with van der Waals surface area (Å²) in [5.74, 6) is -1.14. The number of carboxylic acid groups (broad SMARTS) is 1. The number of benzene rings is 2. The first-order valence-electron chi connectivity index (χ1n) is 8.29. The normalized spacial score (nSPS) is 13.2. The van der Waals surface area contributed by atoms with Crippen LogP contribution in [-0.2, 0) is 17.8 Å². The van der Waals surface area contributed by atoms with Gasteiger partial charge in [-0.3, -0.25) is 14.9 Å². The Kier molecular flexibility index (Phi) is 4.97. The van der Waals surface area contributed by atoms with Gasteiger partial charge in [0.05, 0.1) is 16.9 Å². The monoisotopic (exact) mass is 354 g/mol. The molecule has 0 saturated heterocycles. The topological polar surface area (TPSA) is 101 Å². The molecule has 0 heterocycles.